The number of carbonyl (C=O) groups is 2. The molecule has 7 rings (SSSR count). The molecule has 2 bridgehead atoms. The SMILES string of the molecule is O=C(CCCCCNC[C@H](O)c1ccc(O)c2[nH]c(=O)ccc12)c1cccc(C(O)(C(=O)O[C@H]2CN3CCC2CC3)c2ccccc2)c1. The maximum atomic E-state index is 13.8. The van der Waals surface area contributed by atoms with Crippen molar-refractivity contribution in [2.75, 3.05) is 32.7 Å². The summed E-state index contributed by atoms with van der Waals surface area (Å²) in [6.07, 6.45) is 3.41. The number of ether oxygens (including phenoxy) is 1. The number of hydrogen-bond acceptors (Lipinski definition) is 9. The summed E-state index contributed by atoms with van der Waals surface area (Å²) in [5.74, 6) is -0.552. The van der Waals surface area contributed by atoms with E-state index < -0.39 is 17.7 Å². The average Bonchev–Trinajstić information content (AvgIpc) is 3.12. The van der Waals surface area contributed by atoms with Crippen LogP contribution < -0.4 is 10.9 Å². The monoisotopic (exact) mass is 653 g/mol. The third-order valence-electron chi connectivity index (χ3n) is 9.80. The number of fused-ring (bicyclic) bond motifs is 4. The first-order valence-corrected chi connectivity index (χ1v) is 16.8. The van der Waals surface area contributed by atoms with Gasteiger partial charge in [-0.1, -0.05) is 61.0 Å². The average molecular weight is 654 g/mol. The van der Waals surface area contributed by atoms with Crippen molar-refractivity contribution in [1.29, 1.82) is 0 Å². The van der Waals surface area contributed by atoms with Gasteiger partial charge in [-0.2, -0.15) is 0 Å². The van der Waals surface area contributed by atoms with Crippen molar-refractivity contribution >= 4 is 22.7 Å². The lowest BCUT2D eigenvalue weighted by Gasteiger charge is -2.44. The molecule has 3 saturated heterocycles. The second-order valence-corrected chi connectivity index (χ2v) is 13.0. The topological polar surface area (TPSA) is 152 Å². The summed E-state index contributed by atoms with van der Waals surface area (Å²) in [6, 6.07) is 21.5. The van der Waals surface area contributed by atoms with Crippen molar-refractivity contribution in [1.82, 2.24) is 15.2 Å². The number of aromatic nitrogens is 1. The van der Waals surface area contributed by atoms with E-state index in [1.165, 1.54) is 12.1 Å². The van der Waals surface area contributed by atoms with Gasteiger partial charge in [-0.05, 0) is 80.6 Å². The number of rotatable bonds is 14. The third kappa shape index (κ3) is 7.22. The summed E-state index contributed by atoms with van der Waals surface area (Å²) >= 11 is 0. The first-order chi connectivity index (χ1) is 23.2. The first kappa shape index (κ1) is 33.5. The Balaban J connectivity index is 1.02. The molecule has 0 radical (unpaired) electrons. The summed E-state index contributed by atoms with van der Waals surface area (Å²) in [7, 11) is 0. The van der Waals surface area contributed by atoms with Crippen molar-refractivity contribution in [2.24, 2.45) is 5.92 Å². The zero-order valence-corrected chi connectivity index (χ0v) is 26.9. The summed E-state index contributed by atoms with van der Waals surface area (Å²) < 4.78 is 6.02. The van der Waals surface area contributed by atoms with Crippen LogP contribution in [0.15, 0.2) is 83.7 Å². The lowest BCUT2D eigenvalue weighted by Crippen LogP contribution is -2.53. The standard InChI is InChI=1S/C38H43N3O7/c42-31(12-5-2-6-19-39-23-33(44)29-13-15-32(43)36-30(29)14-16-35(45)40-36)26-8-7-11-28(22-26)38(47,27-9-3-1-4-10-27)37(46)48-34-24-41-20-17-25(34)18-21-41/h1,3-4,7-11,13-16,22,25,33-34,39,43-44,47H,2,5-6,12,17-21,23-24H2,(H,40,45)/t33-,34-,38?/m0/s1. The van der Waals surface area contributed by atoms with Crippen LogP contribution in [0, 0.1) is 5.92 Å². The molecule has 10 heteroatoms. The number of nitrogens with zero attached hydrogens (tertiary/aromatic N) is 1. The van der Waals surface area contributed by atoms with Gasteiger partial charge in [-0.15, -0.1) is 0 Å². The molecule has 10 nitrogen and oxygen atoms in total. The molecule has 1 unspecified atom stereocenters. The Bertz CT molecular complexity index is 1800. The smallest absolute Gasteiger partial charge is 0.348 e. The molecule has 3 aliphatic heterocycles. The Morgan fingerprint density at radius 1 is 0.958 bits per heavy atom. The Morgan fingerprint density at radius 3 is 2.48 bits per heavy atom. The Kier molecular flexibility index (Phi) is 10.4. The fourth-order valence-corrected chi connectivity index (χ4v) is 7.02. The Labute approximate surface area is 279 Å². The maximum Gasteiger partial charge on any atom is 0.348 e. The van der Waals surface area contributed by atoms with Crippen LogP contribution in [0.3, 0.4) is 0 Å². The van der Waals surface area contributed by atoms with Crippen LogP contribution in [0.1, 0.15) is 71.7 Å². The van der Waals surface area contributed by atoms with E-state index in [0.717, 1.165) is 38.8 Å². The highest BCUT2D eigenvalue weighted by Crippen LogP contribution is 2.36. The molecule has 4 aromatic rings. The number of Topliss-reactive ketones (excluding diaryl/α,β-unsaturated/α-hetero) is 1. The van der Waals surface area contributed by atoms with Gasteiger partial charge in [0.25, 0.3) is 0 Å². The van der Waals surface area contributed by atoms with Gasteiger partial charge in [0.1, 0.15) is 11.9 Å². The van der Waals surface area contributed by atoms with Crippen molar-refractivity contribution in [2.45, 2.75) is 56.3 Å². The van der Waals surface area contributed by atoms with Gasteiger partial charge in [-0.3, -0.25) is 14.5 Å². The van der Waals surface area contributed by atoms with E-state index in [0.29, 0.717) is 65.0 Å². The Hall–Kier alpha value is -4.35. The molecule has 5 N–H and O–H groups in total. The van der Waals surface area contributed by atoms with E-state index in [2.05, 4.69) is 15.2 Å². The molecular weight excluding hydrogens is 610 g/mol. The number of carbonyl (C=O) groups excluding carboxylic acids is 2. The number of ketones is 1. The number of hydrogen-bond donors (Lipinski definition) is 5. The van der Waals surface area contributed by atoms with E-state index in [4.69, 9.17) is 4.74 Å². The molecule has 48 heavy (non-hydrogen) atoms. The highest BCUT2D eigenvalue weighted by molar-refractivity contribution is 5.97. The number of aromatic hydroxyl groups is 1. The van der Waals surface area contributed by atoms with Gasteiger partial charge in [-0.25, -0.2) is 4.79 Å². The summed E-state index contributed by atoms with van der Waals surface area (Å²) in [4.78, 5) is 43.6. The number of nitrogens with one attached hydrogen (secondary N) is 2. The lowest BCUT2D eigenvalue weighted by atomic mass is 9.83. The second-order valence-electron chi connectivity index (χ2n) is 13.0. The molecular formula is C38H43N3O7. The minimum absolute atomic E-state index is 0.0538. The van der Waals surface area contributed by atoms with E-state index >= 15 is 0 Å². The van der Waals surface area contributed by atoms with E-state index in [1.807, 2.05) is 6.07 Å². The fraction of sp³-hybridized carbons (Fsp3) is 0.395. The van der Waals surface area contributed by atoms with Crippen LogP contribution in [0.2, 0.25) is 0 Å². The molecule has 4 heterocycles. The Morgan fingerprint density at radius 2 is 1.73 bits per heavy atom. The predicted molar refractivity (Wildman–Crippen MR) is 182 cm³/mol. The van der Waals surface area contributed by atoms with Crippen LogP contribution >= 0.6 is 0 Å². The largest absolute Gasteiger partial charge is 0.506 e. The number of esters is 1. The van der Waals surface area contributed by atoms with Crippen LogP contribution in [0.5, 0.6) is 5.75 Å². The number of aliphatic hydroxyl groups is 2. The van der Waals surface area contributed by atoms with Gasteiger partial charge < -0.3 is 30.4 Å². The molecule has 1 aromatic heterocycles. The minimum atomic E-state index is -2.05. The predicted octanol–water partition coefficient (Wildman–Crippen LogP) is 4.17. The number of benzene rings is 3. The number of aromatic amines is 1. The van der Waals surface area contributed by atoms with Crippen molar-refractivity contribution in [3.8, 4) is 5.75 Å². The van der Waals surface area contributed by atoms with Crippen LogP contribution in [-0.4, -0.2) is 75.8 Å². The minimum Gasteiger partial charge on any atom is -0.506 e. The van der Waals surface area contributed by atoms with Gasteiger partial charge >= 0.3 is 5.97 Å². The van der Waals surface area contributed by atoms with Gasteiger partial charge in [0.2, 0.25) is 11.2 Å². The lowest BCUT2D eigenvalue weighted by molar-refractivity contribution is -0.177. The number of unbranched alkanes of at least 4 members (excludes halogenated alkanes) is 2. The quantitative estimate of drug-likeness (QED) is 0.0767. The van der Waals surface area contributed by atoms with Gasteiger partial charge in [0.05, 0.1) is 11.6 Å². The van der Waals surface area contributed by atoms with Crippen LogP contribution in [0.25, 0.3) is 10.9 Å². The maximum absolute atomic E-state index is 13.8. The molecule has 0 amide bonds. The number of pyridine rings is 1. The molecule has 3 aromatic carbocycles. The number of H-pyrrole nitrogens is 1. The van der Waals surface area contributed by atoms with Gasteiger partial charge in [0, 0.05) is 42.1 Å². The van der Waals surface area contributed by atoms with Crippen LogP contribution in [0.4, 0.5) is 0 Å². The fourth-order valence-electron chi connectivity index (χ4n) is 7.02. The summed E-state index contributed by atoms with van der Waals surface area (Å²) in [6.45, 7) is 3.62. The first-order valence-electron chi connectivity index (χ1n) is 16.8. The third-order valence-corrected chi connectivity index (χ3v) is 9.80. The molecule has 0 saturated carbocycles. The number of phenols is 1. The molecule has 252 valence electrons. The molecule has 0 aliphatic carbocycles. The van der Waals surface area contributed by atoms with Crippen molar-refractivity contribution in [3.05, 3.63) is 111 Å². The normalized spacial score (nSPS) is 20.7. The zero-order valence-electron chi connectivity index (χ0n) is 26.9. The van der Waals surface area contributed by atoms with E-state index in [9.17, 15) is 29.7 Å². The highest BCUT2D eigenvalue weighted by atomic mass is 16.6. The number of piperidine rings is 3. The van der Waals surface area contributed by atoms with Crippen molar-refractivity contribution in [3.63, 3.8) is 0 Å². The number of phenolic OH excluding ortho intramolecular Hbond substituents is 1. The number of aliphatic hydroxyl groups excluding tert-OH is 1. The molecule has 3 fully saturated rings. The summed E-state index contributed by atoms with van der Waals surface area (Å²) in [5.41, 5.74) is -0.352. The molecule has 3 atom stereocenters. The molecule has 3 aliphatic rings. The zero-order chi connectivity index (χ0) is 33.7. The van der Waals surface area contributed by atoms with Crippen molar-refractivity contribution < 1.29 is 29.6 Å². The second kappa shape index (κ2) is 14.8. The van der Waals surface area contributed by atoms with E-state index in [-0.39, 0.29) is 29.7 Å². The summed E-state index contributed by atoms with van der Waals surface area (Å²) in [5, 5.41) is 36.7. The highest BCUT2D eigenvalue weighted by Gasteiger charge is 2.45. The van der Waals surface area contributed by atoms with Gasteiger partial charge in [0.15, 0.2) is 5.78 Å². The van der Waals surface area contributed by atoms with Crippen LogP contribution in [-0.2, 0) is 15.1 Å². The van der Waals surface area contributed by atoms with E-state index in [1.54, 1.807) is 60.7 Å². The molecule has 0 spiro atoms.